The predicted octanol–water partition coefficient (Wildman–Crippen LogP) is 2.06. The minimum Gasteiger partial charge on any atom is -0.297 e. The predicted molar refractivity (Wildman–Crippen MR) is 57.5 cm³/mol. The van der Waals surface area contributed by atoms with Gasteiger partial charge in [0.15, 0.2) is 5.78 Å². The Morgan fingerprint density at radius 1 is 1.27 bits per heavy atom. The number of aromatic nitrogens is 2. The van der Waals surface area contributed by atoms with Crippen molar-refractivity contribution in [1.29, 1.82) is 0 Å². The van der Waals surface area contributed by atoms with Gasteiger partial charge in [-0.1, -0.05) is 30.3 Å². The molecule has 2 aromatic rings. The number of hydrogen-bond acceptors (Lipinski definition) is 2. The Bertz CT molecular complexity index is 434. The van der Waals surface area contributed by atoms with Crippen molar-refractivity contribution in [2.24, 2.45) is 0 Å². The molecule has 0 aliphatic heterocycles. The van der Waals surface area contributed by atoms with Crippen molar-refractivity contribution < 1.29 is 4.79 Å². The Hall–Kier alpha value is -1.90. The lowest BCUT2D eigenvalue weighted by Crippen LogP contribution is -2.18. The summed E-state index contributed by atoms with van der Waals surface area (Å²) in [5.41, 5.74) is 0.966. The second-order valence-electron chi connectivity index (χ2n) is 3.41. The minimum atomic E-state index is -0.304. The van der Waals surface area contributed by atoms with E-state index in [4.69, 9.17) is 0 Å². The van der Waals surface area contributed by atoms with E-state index in [-0.39, 0.29) is 11.8 Å². The molecule has 76 valence electrons. The number of hydrogen-bond donors (Lipinski definition) is 0. The average molecular weight is 200 g/mol. The first-order chi connectivity index (χ1) is 7.29. The van der Waals surface area contributed by atoms with Gasteiger partial charge in [0.2, 0.25) is 0 Å². The van der Waals surface area contributed by atoms with Crippen LogP contribution in [-0.2, 0) is 4.79 Å². The maximum Gasteiger partial charge on any atom is 0.158 e. The topological polar surface area (TPSA) is 34.9 Å². The van der Waals surface area contributed by atoms with E-state index in [1.165, 1.54) is 0 Å². The summed E-state index contributed by atoms with van der Waals surface area (Å²) in [6.07, 6.45) is 3.48. The standard InChI is InChI=1S/C12H12N2O/c1-10(15)12(14-9-5-8-13-14)11-6-3-2-4-7-11/h2-9,12H,1H3. The molecule has 1 aromatic carbocycles. The Morgan fingerprint density at radius 3 is 2.53 bits per heavy atom. The van der Waals surface area contributed by atoms with Crippen molar-refractivity contribution in [3.8, 4) is 0 Å². The van der Waals surface area contributed by atoms with E-state index in [0.29, 0.717) is 0 Å². The van der Waals surface area contributed by atoms with Crippen LogP contribution in [0.1, 0.15) is 18.5 Å². The first-order valence-electron chi connectivity index (χ1n) is 4.83. The summed E-state index contributed by atoms with van der Waals surface area (Å²) in [4.78, 5) is 11.6. The molecule has 1 atom stereocenters. The third kappa shape index (κ3) is 1.96. The molecule has 0 spiro atoms. The van der Waals surface area contributed by atoms with Crippen molar-refractivity contribution in [1.82, 2.24) is 9.78 Å². The zero-order chi connectivity index (χ0) is 10.7. The molecule has 0 bridgehead atoms. The summed E-state index contributed by atoms with van der Waals surface area (Å²) >= 11 is 0. The van der Waals surface area contributed by atoms with Crippen LogP contribution in [0.5, 0.6) is 0 Å². The van der Waals surface area contributed by atoms with Crippen LogP contribution in [0.2, 0.25) is 0 Å². The van der Waals surface area contributed by atoms with Crippen LogP contribution in [0, 0.1) is 0 Å². The van der Waals surface area contributed by atoms with Crippen molar-refractivity contribution in [3.63, 3.8) is 0 Å². The molecule has 1 unspecified atom stereocenters. The Kier molecular flexibility index (Phi) is 2.63. The van der Waals surface area contributed by atoms with Gasteiger partial charge >= 0.3 is 0 Å². The first kappa shape index (κ1) is 9.65. The Balaban J connectivity index is 2.42. The first-order valence-corrected chi connectivity index (χ1v) is 4.83. The Morgan fingerprint density at radius 2 is 2.00 bits per heavy atom. The molecule has 0 radical (unpaired) electrons. The summed E-state index contributed by atoms with van der Waals surface area (Å²) in [6.45, 7) is 1.58. The van der Waals surface area contributed by atoms with Crippen LogP contribution in [0.3, 0.4) is 0 Å². The molecule has 2 rings (SSSR count). The van der Waals surface area contributed by atoms with Crippen molar-refractivity contribution >= 4 is 5.78 Å². The lowest BCUT2D eigenvalue weighted by atomic mass is 10.0. The fourth-order valence-corrected chi connectivity index (χ4v) is 1.64. The summed E-state index contributed by atoms with van der Waals surface area (Å²) < 4.78 is 1.68. The van der Waals surface area contributed by atoms with E-state index >= 15 is 0 Å². The fraction of sp³-hybridized carbons (Fsp3) is 0.167. The van der Waals surface area contributed by atoms with Gasteiger partial charge in [-0.3, -0.25) is 9.48 Å². The largest absolute Gasteiger partial charge is 0.297 e. The highest BCUT2D eigenvalue weighted by molar-refractivity contribution is 5.83. The van der Waals surface area contributed by atoms with Gasteiger partial charge in [0, 0.05) is 12.4 Å². The molecule has 0 aliphatic carbocycles. The lowest BCUT2D eigenvalue weighted by molar-refractivity contribution is -0.119. The molecule has 0 aliphatic rings. The summed E-state index contributed by atoms with van der Waals surface area (Å²) in [5, 5.41) is 4.11. The van der Waals surface area contributed by atoms with Gasteiger partial charge in [-0.2, -0.15) is 5.10 Å². The molecule has 15 heavy (non-hydrogen) atoms. The number of Topliss-reactive ketones (excluding diaryl/α,β-unsaturated/α-hetero) is 1. The molecule has 0 amide bonds. The van der Waals surface area contributed by atoms with E-state index in [1.807, 2.05) is 36.4 Å². The fourth-order valence-electron chi connectivity index (χ4n) is 1.64. The van der Waals surface area contributed by atoms with Gasteiger partial charge in [-0.25, -0.2) is 0 Å². The number of ketones is 1. The number of carbonyl (C=O) groups is 1. The molecule has 3 nitrogen and oxygen atoms in total. The van der Waals surface area contributed by atoms with E-state index in [9.17, 15) is 4.79 Å². The summed E-state index contributed by atoms with van der Waals surface area (Å²) in [6, 6.07) is 11.2. The van der Waals surface area contributed by atoms with Crippen LogP contribution >= 0.6 is 0 Å². The zero-order valence-electron chi connectivity index (χ0n) is 8.50. The van der Waals surface area contributed by atoms with Crippen molar-refractivity contribution in [3.05, 3.63) is 54.4 Å². The van der Waals surface area contributed by atoms with Crippen LogP contribution in [0.25, 0.3) is 0 Å². The van der Waals surface area contributed by atoms with E-state index in [1.54, 1.807) is 24.0 Å². The highest BCUT2D eigenvalue weighted by Gasteiger charge is 2.18. The molecular formula is C12H12N2O. The van der Waals surface area contributed by atoms with Crippen LogP contribution in [0.15, 0.2) is 48.8 Å². The number of carbonyl (C=O) groups excluding carboxylic acids is 1. The van der Waals surface area contributed by atoms with Crippen LogP contribution in [-0.4, -0.2) is 15.6 Å². The van der Waals surface area contributed by atoms with Crippen molar-refractivity contribution in [2.45, 2.75) is 13.0 Å². The average Bonchev–Trinajstić information content (AvgIpc) is 2.72. The SMILES string of the molecule is CC(=O)C(c1ccccc1)n1cccn1. The highest BCUT2D eigenvalue weighted by atomic mass is 16.1. The highest BCUT2D eigenvalue weighted by Crippen LogP contribution is 2.17. The molecule has 0 fully saturated rings. The number of benzene rings is 1. The molecule has 1 aromatic heterocycles. The third-order valence-electron chi connectivity index (χ3n) is 2.29. The van der Waals surface area contributed by atoms with Gasteiger partial charge in [-0.05, 0) is 18.6 Å². The monoisotopic (exact) mass is 200 g/mol. The molecular weight excluding hydrogens is 188 g/mol. The van der Waals surface area contributed by atoms with Crippen LogP contribution in [0.4, 0.5) is 0 Å². The summed E-state index contributed by atoms with van der Waals surface area (Å²) in [7, 11) is 0. The van der Waals surface area contributed by atoms with Crippen LogP contribution < -0.4 is 0 Å². The minimum absolute atomic E-state index is 0.0879. The normalized spacial score (nSPS) is 12.3. The third-order valence-corrected chi connectivity index (χ3v) is 2.29. The Labute approximate surface area is 88.4 Å². The maximum atomic E-state index is 11.6. The second-order valence-corrected chi connectivity index (χ2v) is 3.41. The van der Waals surface area contributed by atoms with E-state index in [2.05, 4.69) is 5.10 Å². The van der Waals surface area contributed by atoms with Crippen molar-refractivity contribution in [2.75, 3.05) is 0 Å². The maximum absolute atomic E-state index is 11.6. The van der Waals surface area contributed by atoms with Gasteiger partial charge in [-0.15, -0.1) is 0 Å². The smallest absolute Gasteiger partial charge is 0.158 e. The lowest BCUT2D eigenvalue weighted by Gasteiger charge is -2.14. The van der Waals surface area contributed by atoms with Gasteiger partial charge in [0.05, 0.1) is 0 Å². The van der Waals surface area contributed by atoms with Gasteiger partial charge in [0.1, 0.15) is 6.04 Å². The molecule has 0 N–H and O–H groups in total. The molecule has 1 heterocycles. The molecule has 3 heteroatoms. The number of nitrogens with zero attached hydrogens (tertiary/aromatic N) is 2. The summed E-state index contributed by atoms with van der Waals surface area (Å²) in [5.74, 6) is 0.0879. The van der Waals surface area contributed by atoms with E-state index in [0.717, 1.165) is 5.56 Å². The molecule has 0 saturated carbocycles. The van der Waals surface area contributed by atoms with Gasteiger partial charge in [0.25, 0.3) is 0 Å². The quantitative estimate of drug-likeness (QED) is 0.760. The van der Waals surface area contributed by atoms with E-state index < -0.39 is 0 Å². The zero-order valence-corrected chi connectivity index (χ0v) is 8.50. The molecule has 0 saturated heterocycles. The van der Waals surface area contributed by atoms with Gasteiger partial charge < -0.3 is 0 Å². The second kappa shape index (κ2) is 4.09. The number of rotatable bonds is 3.